The van der Waals surface area contributed by atoms with Gasteiger partial charge in [-0.25, -0.2) is 13.9 Å². The zero-order valence-corrected chi connectivity index (χ0v) is 10.3. The summed E-state index contributed by atoms with van der Waals surface area (Å²) in [5.41, 5.74) is 1.18. The molecular formula is C10H13NO6S. The molecule has 1 aromatic carbocycles. The van der Waals surface area contributed by atoms with Crippen molar-refractivity contribution in [1.29, 1.82) is 0 Å². The molecule has 0 heterocycles. The summed E-state index contributed by atoms with van der Waals surface area (Å²) in [6, 6.07) is 5.51. The van der Waals surface area contributed by atoms with Gasteiger partial charge < -0.3 is 9.84 Å². The number of carbonyl (C=O) groups excluding carboxylic acids is 1. The summed E-state index contributed by atoms with van der Waals surface area (Å²) in [6.07, 6.45) is -1.83. The van der Waals surface area contributed by atoms with Crippen molar-refractivity contribution in [3.05, 3.63) is 24.3 Å². The summed E-state index contributed by atoms with van der Waals surface area (Å²) in [7, 11) is -2.37. The lowest BCUT2D eigenvalue weighted by Crippen LogP contribution is -2.37. The van der Waals surface area contributed by atoms with Crippen LogP contribution in [-0.2, 0) is 14.6 Å². The Morgan fingerprint density at radius 1 is 1.39 bits per heavy atom. The van der Waals surface area contributed by atoms with E-state index in [1.165, 1.54) is 36.9 Å². The van der Waals surface area contributed by atoms with Gasteiger partial charge in [0, 0.05) is 0 Å². The van der Waals surface area contributed by atoms with Gasteiger partial charge in [0.1, 0.15) is 11.9 Å². The number of aliphatic hydroxyl groups is 1. The van der Waals surface area contributed by atoms with Crippen LogP contribution in [0.3, 0.4) is 0 Å². The molecule has 1 atom stereocenters. The molecule has 0 aliphatic carbocycles. The normalized spacial score (nSPS) is 12.8. The summed E-state index contributed by atoms with van der Waals surface area (Å²) in [5.74, 6) is -1.50. The van der Waals surface area contributed by atoms with E-state index in [2.05, 4.69) is 0 Å². The zero-order chi connectivity index (χ0) is 13.8. The first-order valence-electron chi connectivity index (χ1n) is 4.89. The van der Waals surface area contributed by atoms with Crippen LogP contribution in [0.15, 0.2) is 29.2 Å². The average molecular weight is 275 g/mol. The fourth-order valence-electron chi connectivity index (χ4n) is 1.24. The second-order valence-electron chi connectivity index (χ2n) is 3.45. The number of aliphatic hydroxyl groups excluding tert-OH is 1. The Hall–Kier alpha value is -1.64. The maximum atomic E-state index is 11.8. The number of carbonyl (C=O) groups is 1. The van der Waals surface area contributed by atoms with Gasteiger partial charge in [-0.05, 0) is 24.3 Å². The van der Waals surface area contributed by atoms with Crippen LogP contribution in [0, 0.1) is 0 Å². The van der Waals surface area contributed by atoms with Crippen molar-refractivity contribution in [2.24, 2.45) is 0 Å². The number of hydroxylamine groups is 1. The molecule has 1 amide bonds. The van der Waals surface area contributed by atoms with Gasteiger partial charge in [0.15, 0.2) is 9.84 Å². The highest BCUT2D eigenvalue weighted by molar-refractivity contribution is 7.91. The van der Waals surface area contributed by atoms with Gasteiger partial charge in [0.2, 0.25) is 0 Å². The minimum atomic E-state index is -3.82. The first-order chi connectivity index (χ1) is 8.40. The number of hydrogen-bond donors (Lipinski definition) is 3. The quantitative estimate of drug-likeness (QED) is 0.485. The SMILES string of the molecule is COc1ccc(S(=O)(=O)C[C@@H](O)C(=O)NO)cc1. The lowest BCUT2D eigenvalue weighted by molar-refractivity contribution is -0.136. The topological polar surface area (TPSA) is 113 Å². The average Bonchev–Trinajstić information content (AvgIpc) is 2.37. The van der Waals surface area contributed by atoms with E-state index in [0.29, 0.717) is 5.75 Å². The third-order valence-electron chi connectivity index (χ3n) is 2.21. The molecule has 0 saturated carbocycles. The Morgan fingerprint density at radius 3 is 2.39 bits per heavy atom. The van der Waals surface area contributed by atoms with Crippen LogP contribution in [0.1, 0.15) is 0 Å². The third kappa shape index (κ3) is 3.42. The zero-order valence-electron chi connectivity index (χ0n) is 9.53. The fourth-order valence-corrected chi connectivity index (χ4v) is 2.55. The molecule has 3 N–H and O–H groups in total. The Kier molecular flexibility index (Phi) is 4.65. The number of rotatable bonds is 5. The molecule has 18 heavy (non-hydrogen) atoms. The van der Waals surface area contributed by atoms with Gasteiger partial charge in [-0.15, -0.1) is 0 Å². The number of benzene rings is 1. The second-order valence-corrected chi connectivity index (χ2v) is 5.48. The molecule has 0 aromatic heterocycles. The van der Waals surface area contributed by atoms with E-state index in [1.807, 2.05) is 0 Å². The third-order valence-corrected chi connectivity index (χ3v) is 3.95. The monoisotopic (exact) mass is 275 g/mol. The van der Waals surface area contributed by atoms with Crippen LogP contribution >= 0.6 is 0 Å². The fraction of sp³-hybridized carbons (Fsp3) is 0.300. The van der Waals surface area contributed by atoms with Crippen molar-refractivity contribution in [3.8, 4) is 5.75 Å². The molecule has 0 saturated heterocycles. The Bertz CT molecular complexity index is 510. The van der Waals surface area contributed by atoms with Crippen LogP contribution in [0.25, 0.3) is 0 Å². The number of hydrogen-bond acceptors (Lipinski definition) is 6. The first kappa shape index (κ1) is 14.4. The predicted molar refractivity (Wildman–Crippen MR) is 61.0 cm³/mol. The second kappa shape index (κ2) is 5.80. The summed E-state index contributed by atoms with van der Waals surface area (Å²) in [5, 5.41) is 17.5. The van der Waals surface area contributed by atoms with E-state index >= 15 is 0 Å². The van der Waals surface area contributed by atoms with E-state index < -0.39 is 27.6 Å². The Balaban J connectivity index is 2.89. The predicted octanol–water partition coefficient (Wildman–Crippen LogP) is -0.665. The molecule has 0 bridgehead atoms. The standard InChI is InChI=1S/C10H13NO6S/c1-17-7-2-4-8(5-3-7)18(15,16)6-9(12)10(13)11-14/h2-5,9,12,14H,6H2,1H3,(H,11,13)/t9-/m1/s1. The molecule has 0 spiro atoms. The van der Waals surface area contributed by atoms with Crippen LogP contribution in [0.4, 0.5) is 0 Å². The minimum absolute atomic E-state index is 0.0481. The summed E-state index contributed by atoms with van der Waals surface area (Å²) >= 11 is 0. The van der Waals surface area contributed by atoms with E-state index in [1.54, 1.807) is 0 Å². The largest absolute Gasteiger partial charge is 0.497 e. The molecule has 0 radical (unpaired) electrons. The van der Waals surface area contributed by atoms with Crippen LogP contribution in [-0.4, -0.2) is 43.6 Å². The number of ether oxygens (including phenoxy) is 1. The molecule has 8 heteroatoms. The van der Waals surface area contributed by atoms with Gasteiger partial charge in [-0.3, -0.25) is 10.0 Å². The summed E-state index contributed by atoms with van der Waals surface area (Å²) in [6.45, 7) is 0. The minimum Gasteiger partial charge on any atom is -0.497 e. The lowest BCUT2D eigenvalue weighted by atomic mass is 10.3. The van der Waals surface area contributed by atoms with Crippen molar-refractivity contribution in [2.75, 3.05) is 12.9 Å². The van der Waals surface area contributed by atoms with Crippen molar-refractivity contribution in [3.63, 3.8) is 0 Å². The number of sulfone groups is 1. The van der Waals surface area contributed by atoms with E-state index in [0.717, 1.165) is 0 Å². The molecule has 7 nitrogen and oxygen atoms in total. The van der Waals surface area contributed by atoms with Crippen molar-refractivity contribution in [1.82, 2.24) is 5.48 Å². The Labute approximate surface area is 104 Å². The smallest absolute Gasteiger partial charge is 0.273 e. The molecule has 1 aromatic rings. The molecule has 0 unspecified atom stereocenters. The van der Waals surface area contributed by atoms with E-state index in [4.69, 9.17) is 9.94 Å². The molecular weight excluding hydrogens is 262 g/mol. The molecule has 100 valence electrons. The maximum Gasteiger partial charge on any atom is 0.273 e. The summed E-state index contributed by atoms with van der Waals surface area (Å²) in [4.78, 5) is 10.8. The van der Waals surface area contributed by atoms with Crippen molar-refractivity contribution < 1.29 is 28.3 Å². The lowest BCUT2D eigenvalue weighted by Gasteiger charge is -2.09. The highest BCUT2D eigenvalue weighted by Gasteiger charge is 2.24. The maximum absolute atomic E-state index is 11.8. The van der Waals surface area contributed by atoms with Gasteiger partial charge in [0.05, 0.1) is 17.8 Å². The van der Waals surface area contributed by atoms with Gasteiger partial charge in [0.25, 0.3) is 5.91 Å². The highest BCUT2D eigenvalue weighted by atomic mass is 32.2. The van der Waals surface area contributed by atoms with E-state index in [-0.39, 0.29) is 4.90 Å². The Morgan fingerprint density at radius 2 is 1.94 bits per heavy atom. The van der Waals surface area contributed by atoms with Crippen LogP contribution < -0.4 is 10.2 Å². The molecule has 1 rings (SSSR count). The van der Waals surface area contributed by atoms with Gasteiger partial charge in [-0.2, -0.15) is 0 Å². The summed E-state index contributed by atoms with van der Waals surface area (Å²) < 4.78 is 28.5. The number of nitrogens with one attached hydrogen (secondary N) is 1. The van der Waals surface area contributed by atoms with Gasteiger partial charge in [-0.1, -0.05) is 0 Å². The van der Waals surface area contributed by atoms with Gasteiger partial charge >= 0.3 is 0 Å². The van der Waals surface area contributed by atoms with E-state index in [9.17, 15) is 18.3 Å². The van der Waals surface area contributed by atoms with Crippen LogP contribution in [0.5, 0.6) is 5.75 Å². The van der Waals surface area contributed by atoms with Crippen molar-refractivity contribution in [2.45, 2.75) is 11.0 Å². The van der Waals surface area contributed by atoms with Crippen LogP contribution in [0.2, 0.25) is 0 Å². The first-order valence-corrected chi connectivity index (χ1v) is 6.54. The number of amides is 1. The number of methoxy groups -OCH3 is 1. The molecule has 0 fully saturated rings. The molecule has 0 aliphatic rings. The highest BCUT2D eigenvalue weighted by Crippen LogP contribution is 2.17. The molecule has 0 aliphatic heterocycles. The van der Waals surface area contributed by atoms with Crippen molar-refractivity contribution >= 4 is 15.7 Å².